The van der Waals surface area contributed by atoms with Gasteiger partial charge < -0.3 is 10.2 Å². The van der Waals surface area contributed by atoms with Crippen molar-refractivity contribution in [3.8, 4) is 0 Å². The minimum absolute atomic E-state index is 0.208. The number of hydrogen-bond acceptors (Lipinski definition) is 7. The molecule has 2 saturated heterocycles. The second-order valence-corrected chi connectivity index (χ2v) is 15.3. The van der Waals surface area contributed by atoms with Gasteiger partial charge in [0.25, 0.3) is 5.91 Å². The van der Waals surface area contributed by atoms with Crippen molar-refractivity contribution in [2.45, 2.75) is 82.5 Å². The number of nitrogens with one attached hydrogen (secondary N) is 2. The molecule has 55 heavy (non-hydrogen) atoms. The molecule has 1 aliphatic carbocycles. The number of halogens is 3. The van der Waals surface area contributed by atoms with Gasteiger partial charge in [-0.3, -0.25) is 33.5 Å². The van der Waals surface area contributed by atoms with Gasteiger partial charge in [-0.2, -0.15) is 18.3 Å². The van der Waals surface area contributed by atoms with E-state index in [9.17, 15) is 32.3 Å². The quantitative estimate of drug-likeness (QED) is 0.188. The number of nitrogens with zero attached hydrogens (tertiary/aromatic N) is 6. The lowest BCUT2D eigenvalue weighted by Crippen LogP contribution is -2.44. The molecule has 8 rings (SSSR count). The summed E-state index contributed by atoms with van der Waals surface area (Å²) in [6.07, 6.45) is 3.97. The van der Waals surface area contributed by atoms with E-state index in [0.717, 1.165) is 97.8 Å². The van der Waals surface area contributed by atoms with Crippen molar-refractivity contribution in [3.05, 3.63) is 87.7 Å². The maximum atomic E-state index is 13.5. The number of imide groups is 1. The van der Waals surface area contributed by atoms with E-state index in [0.29, 0.717) is 23.9 Å². The van der Waals surface area contributed by atoms with Crippen LogP contribution in [0, 0.1) is 12.8 Å². The number of aryl methyl sites for hydroxylation is 2. The van der Waals surface area contributed by atoms with Gasteiger partial charge in [0, 0.05) is 37.3 Å². The van der Waals surface area contributed by atoms with E-state index >= 15 is 0 Å². The fraction of sp³-hybridized carbons (Fsp3) is 0.450. The number of likely N-dealkylation sites (tertiary alicyclic amines) is 1. The largest absolute Gasteiger partial charge is 0.433 e. The number of piperidine rings is 2. The highest BCUT2D eigenvalue weighted by Gasteiger charge is 2.35. The Labute approximate surface area is 314 Å². The lowest BCUT2D eigenvalue weighted by molar-refractivity contribution is -0.141. The molecule has 0 radical (unpaired) electrons. The number of carbonyl (C=O) groups is 3. The smallest absolute Gasteiger partial charge is 0.321 e. The van der Waals surface area contributed by atoms with Crippen LogP contribution >= 0.6 is 0 Å². The summed E-state index contributed by atoms with van der Waals surface area (Å²) in [5.41, 5.74) is 3.49. The lowest BCUT2D eigenvalue weighted by atomic mass is 9.83. The molecule has 5 aromatic rings. The van der Waals surface area contributed by atoms with Crippen molar-refractivity contribution in [3.63, 3.8) is 0 Å². The zero-order valence-electron chi connectivity index (χ0n) is 30.7. The normalized spacial score (nSPS) is 21.7. The summed E-state index contributed by atoms with van der Waals surface area (Å²) in [7, 11) is 1.77. The van der Waals surface area contributed by atoms with Crippen LogP contribution in [-0.2, 0) is 22.8 Å². The lowest BCUT2D eigenvalue weighted by Gasteiger charge is -2.37. The number of alkyl halides is 3. The van der Waals surface area contributed by atoms with Crippen LogP contribution in [0.1, 0.15) is 96.7 Å². The van der Waals surface area contributed by atoms with Crippen LogP contribution in [0.2, 0.25) is 0 Å². The van der Waals surface area contributed by atoms with Crippen molar-refractivity contribution in [2.75, 3.05) is 25.0 Å². The SMILES string of the molecule is Cc1ccc2c(c1C1CCN(CC3CCC(n4cc5cc(NC(=O)c6cccc(C(F)(F)F)n6)ccc5n4)CC3)CC1)n(C)c(=O)n2C1CCC(=O)NC1=O. The highest BCUT2D eigenvalue weighted by Crippen LogP contribution is 2.38. The van der Waals surface area contributed by atoms with E-state index < -0.39 is 29.7 Å². The number of hydrogen-bond donors (Lipinski definition) is 2. The first-order valence-corrected chi connectivity index (χ1v) is 18.9. The van der Waals surface area contributed by atoms with Gasteiger partial charge in [0.1, 0.15) is 17.4 Å². The molecule has 2 aliphatic heterocycles. The number of pyridine rings is 1. The number of benzene rings is 2. The van der Waals surface area contributed by atoms with Crippen LogP contribution in [0.5, 0.6) is 0 Å². The van der Waals surface area contributed by atoms with E-state index in [-0.39, 0.29) is 29.8 Å². The average molecular weight is 757 g/mol. The molecule has 3 aliphatic rings. The van der Waals surface area contributed by atoms with Crippen LogP contribution in [0.3, 0.4) is 0 Å². The van der Waals surface area contributed by atoms with Crippen LogP contribution in [0.15, 0.2) is 59.5 Å². The Balaban J connectivity index is 0.868. The Kier molecular flexibility index (Phi) is 9.60. The third-order valence-corrected chi connectivity index (χ3v) is 11.8. The predicted molar refractivity (Wildman–Crippen MR) is 200 cm³/mol. The summed E-state index contributed by atoms with van der Waals surface area (Å²) in [5.74, 6) is -0.581. The van der Waals surface area contributed by atoms with Gasteiger partial charge in [-0.25, -0.2) is 9.78 Å². The van der Waals surface area contributed by atoms with E-state index in [2.05, 4.69) is 27.4 Å². The maximum absolute atomic E-state index is 13.5. The fourth-order valence-corrected chi connectivity index (χ4v) is 8.93. The molecular formula is C40H43F3N8O4. The summed E-state index contributed by atoms with van der Waals surface area (Å²) in [6, 6.07) is 12.0. The van der Waals surface area contributed by atoms with Crippen molar-refractivity contribution in [2.24, 2.45) is 13.0 Å². The topological polar surface area (TPSA) is 136 Å². The maximum Gasteiger partial charge on any atom is 0.433 e. The first-order chi connectivity index (χ1) is 26.3. The predicted octanol–water partition coefficient (Wildman–Crippen LogP) is 6.25. The standard InChI is InChI=1S/C40H43F3N8O4/c1-23-6-13-31-36(48(2)39(55)51(31)32-14-15-34(52)46-38(32)54)35(23)25-16-18-49(19-17-25)21-24-7-10-28(11-8-24)50-22-26-20-27(9-12-29(26)47-50)44-37(53)30-4-3-5-33(45-30)40(41,42)43/h3-6,9,12-13,20,22,24-25,28,32H,7-8,10-11,14-19,21H2,1-2H3,(H,44,53)(H,46,52,54). The summed E-state index contributed by atoms with van der Waals surface area (Å²) in [5, 5.41) is 10.7. The van der Waals surface area contributed by atoms with Gasteiger partial charge in [0.15, 0.2) is 0 Å². The minimum atomic E-state index is -4.64. The molecule has 1 atom stereocenters. The molecule has 2 aromatic carbocycles. The molecule has 3 amide bonds. The van der Waals surface area contributed by atoms with Crippen LogP contribution in [0.25, 0.3) is 21.9 Å². The summed E-state index contributed by atoms with van der Waals surface area (Å²) < 4.78 is 44.5. The Bertz CT molecular complexity index is 2360. The first kappa shape index (κ1) is 36.7. The van der Waals surface area contributed by atoms with Crippen molar-refractivity contribution in [1.82, 2.24) is 34.1 Å². The van der Waals surface area contributed by atoms with Gasteiger partial charge in [-0.05, 0) is 124 Å². The van der Waals surface area contributed by atoms with Crippen LogP contribution in [0.4, 0.5) is 18.9 Å². The summed E-state index contributed by atoms with van der Waals surface area (Å²) in [6.45, 7) is 5.07. The monoisotopic (exact) mass is 756 g/mol. The van der Waals surface area contributed by atoms with Crippen molar-refractivity contribution >= 4 is 45.3 Å². The molecule has 0 spiro atoms. The number of anilines is 1. The van der Waals surface area contributed by atoms with E-state index in [1.807, 2.05) is 23.0 Å². The summed E-state index contributed by atoms with van der Waals surface area (Å²) in [4.78, 5) is 56.8. The average Bonchev–Trinajstić information content (AvgIpc) is 3.70. The van der Waals surface area contributed by atoms with E-state index in [1.165, 1.54) is 11.6 Å². The molecule has 1 unspecified atom stereocenters. The zero-order chi connectivity index (χ0) is 38.6. The second-order valence-electron chi connectivity index (χ2n) is 15.3. The molecule has 5 heterocycles. The molecule has 0 bridgehead atoms. The number of amides is 3. The molecule has 15 heteroatoms. The van der Waals surface area contributed by atoms with Crippen molar-refractivity contribution < 1.29 is 27.6 Å². The Hall–Kier alpha value is -5.31. The van der Waals surface area contributed by atoms with Crippen LogP contribution < -0.4 is 16.3 Å². The molecular weight excluding hydrogens is 713 g/mol. The van der Waals surface area contributed by atoms with E-state index in [1.54, 1.807) is 34.4 Å². The Morgan fingerprint density at radius 3 is 2.45 bits per heavy atom. The second kappa shape index (κ2) is 14.4. The highest BCUT2D eigenvalue weighted by molar-refractivity contribution is 6.04. The molecule has 1 saturated carbocycles. The Morgan fingerprint density at radius 1 is 0.964 bits per heavy atom. The summed E-state index contributed by atoms with van der Waals surface area (Å²) >= 11 is 0. The van der Waals surface area contributed by atoms with Crippen LogP contribution in [-0.4, -0.2) is 66.2 Å². The van der Waals surface area contributed by atoms with Gasteiger partial charge in [-0.15, -0.1) is 0 Å². The number of carbonyl (C=O) groups excluding carboxylic acids is 3. The molecule has 2 N–H and O–H groups in total. The molecule has 3 aromatic heterocycles. The third-order valence-electron chi connectivity index (χ3n) is 11.8. The fourth-order valence-electron chi connectivity index (χ4n) is 8.93. The van der Waals surface area contributed by atoms with Gasteiger partial charge in [-0.1, -0.05) is 12.1 Å². The van der Waals surface area contributed by atoms with E-state index in [4.69, 9.17) is 5.10 Å². The molecule has 3 fully saturated rings. The molecule has 12 nitrogen and oxygen atoms in total. The minimum Gasteiger partial charge on any atom is -0.321 e. The van der Waals surface area contributed by atoms with Gasteiger partial charge in [0.05, 0.1) is 22.6 Å². The first-order valence-electron chi connectivity index (χ1n) is 18.9. The number of aromatic nitrogens is 5. The third kappa shape index (κ3) is 7.17. The number of imidazole rings is 1. The van der Waals surface area contributed by atoms with Crippen molar-refractivity contribution in [1.29, 1.82) is 0 Å². The van der Waals surface area contributed by atoms with Gasteiger partial charge in [0.2, 0.25) is 11.8 Å². The highest BCUT2D eigenvalue weighted by atomic mass is 19.4. The Morgan fingerprint density at radius 2 is 1.73 bits per heavy atom. The zero-order valence-corrected chi connectivity index (χ0v) is 30.7. The molecule has 288 valence electrons. The number of fused-ring (bicyclic) bond motifs is 2. The van der Waals surface area contributed by atoms with Gasteiger partial charge >= 0.3 is 11.9 Å². The number of rotatable bonds is 7.